The molecule has 0 saturated heterocycles. The first-order valence-electron chi connectivity index (χ1n) is 7.71. The average Bonchev–Trinajstić information content (AvgIpc) is 2.94. The third kappa shape index (κ3) is 2.81. The summed E-state index contributed by atoms with van der Waals surface area (Å²) < 4.78 is 2.22. The van der Waals surface area contributed by atoms with Crippen LogP contribution in [0.3, 0.4) is 0 Å². The Hall–Kier alpha value is -3.07. The lowest BCUT2D eigenvalue weighted by Gasteiger charge is -2.11. The van der Waals surface area contributed by atoms with E-state index in [1.807, 2.05) is 48.5 Å². The van der Waals surface area contributed by atoms with Crippen molar-refractivity contribution in [2.24, 2.45) is 0 Å². The molecule has 0 aliphatic rings. The highest BCUT2D eigenvalue weighted by atomic mass is 15.2. The van der Waals surface area contributed by atoms with Gasteiger partial charge in [-0.25, -0.2) is 4.98 Å². The number of para-hydroxylation sites is 3. The Labute approximate surface area is 135 Å². The smallest absolute Gasteiger partial charge is 0.208 e. The second kappa shape index (κ2) is 5.97. The maximum Gasteiger partial charge on any atom is 0.208 e. The van der Waals surface area contributed by atoms with Crippen LogP contribution >= 0.6 is 0 Å². The van der Waals surface area contributed by atoms with Crippen molar-refractivity contribution in [3.05, 3.63) is 90.5 Å². The molecule has 0 aliphatic heterocycles. The maximum absolute atomic E-state index is 4.76. The summed E-state index contributed by atoms with van der Waals surface area (Å²) >= 11 is 0. The van der Waals surface area contributed by atoms with Crippen molar-refractivity contribution in [1.82, 2.24) is 9.55 Å². The molecule has 4 rings (SSSR count). The van der Waals surface area contributed by atoms with Crippen LogP contribution in [0, 0.1) is 0 Å². The second-order valence-corrected chi connectivity index (χ2v) is 5.49. The molecular formula is C20H17N3. The zero-order valence-corrected chi connectivity index (χ0v) is 12.7. The van der Waals surface area contributed by atoms with Crippen LogP contribution in [-0.2, 0) is 6.54 Å². The standard InChI is InChI=1S/C20H17N3/c1-3-9-16(10-4-1)15-23-19-14-8-7-13-18(19)22-20(23)21-17-11-5-2-6-12-17/h1-14H,15H2,(H,21,22). The lowest BCUT2D eigenvalue weighted by atomic mass is 10.2. The molecule has 0 saturated carbocycles. The molecular weight excluding hydrogens is 282 g/mol. The summed E-state index contributed by atoms with van der Waals surface area (Å²) in [5, 5.41) is 3.43. The number of anilines is 2. The summed E-state index contributed by atoms with van der Waals surface area (Å²) in [5.74, 6) is 0.862. The van der Waals surface area contributed by atoms with Gasteiger partial charge in [-0.1, -0.05) is 60.7 Å². The van der Waals surface area contributed by atoms with Gasteiger partial charge in [0.15, 0.2) is 0 Å². The second-order valence-electron chi connectivity index (χ2n) is 5.49. The van der Waals surface area contributed by atoms with Gasteiger partial charge in [-0.15, -0.1) is 0 Å². The van der Waals surface area contributed by atoms with E-state index in [1.54, 1.807) is 0 Å². The zero-order chi connectivity index (χ0) is 15.5. The number of nitrogens with one attached hydrogen (secondary N) is 1. The number of fused-ring (bicyclic) bond motifs is 1. The van der Waals surface area contributed by atoms with Crippen molar-refractivity contribution < 1.29 is 0 Å². The van der Waals surface area contributed by atoms with E-state index in [1.165, 1.54) is 5.56 Å². The lowest BCUT2D eigenvalue weighted by Crippen LogP contribution is -2.05. The van der Waals surface area contributed by atoms with Gasteiger partial charge in [0.2, 0.25) is 5.95 Å². The van der Waals surface area contributed by atoms with E-state index in [2.05, 4.69) is 46.3 Å². The molecule has 4 aromatic rings. The SMILES string of the molecule is c1ccc(Cn2c(Nc3ccccc3)nc3ccccc32)cc1. The number of aromatic nitrogens is 2. The van der Waals surface area contributed by atoms with E-state index >= 15 is 0 Å². The molecule has 0 aliphatic carbocycles. The lowest BCUT2D eigenvalue weighted by molar-refractivity contribution is 0.835. The Morgan fingerprint density at radius 2 is 1.39 bits per heavy atom. The number of rotatable bonds is 4. The summed E-state index contributed by atoms with van der Waals surface area (Å²) in [6, 6.07) is 28.8. The van der Waals surface area contributed by atoms with Crippen molar-refractivity contribution >= 4 is 22.7 Å². The number of hydrogen-bond acceptors (Lipinski definition) is 2. The molecule has 0 bridgehead atoms. The van der Waals surface area contributed by atoms with Crippen LogP contribution < -0.4 is 5.32 Å². The van der Waals surface area contributed by atoms with Crippen molar-refractivity contribution in [3.63, 3.8) is 0 Å². The first kappa shape index (κ1) is 13.6. The third-order valence-corrected chi connectivity index (χ3v) is 3.87. The molecule has 0 amide bonds. The Kier molecular flexibility index (Phi) is 3.53. The molecule has 0 unspecified atom stereocenters. The Morgan fingerprint density at radius 3 is 2.17 bits per heavy atom. The third-order valence-electron chi connectivity index (χ3n) is 3.87. The largest absolute Gasteiger partial charge is 0.326 e. The van der Waals surface area contributed by atoms with Gasteiger partial charge in [-0.05, 0) is 29.8 Å². The zero-order valence-electron chi connectivity index (χ0n) is 12.7. The van der Waals surface area contributed by atoms with Crippen molar-refractivity contribution in [2.45, 2.75) is 6.54 Å². The van der Waals surface area contributed by atoms with E-state index in [-0.39, 0.29) is 0 Å². The molecule has 3 heteroatoms. The van der Waals surface area contributed by atoms with E-state index in [0.29, 0.717) is 0 Å². The van der Waals surface area contributed by atoms with Crippen LogP contribution in [-0.4, -0.2) is 9.55 Å². The summed E-state index contributed by atoms with van der Waals surface area (Å²) in [4.78, 5) is 4.76. The molecule has 1 aromatic heterocycles. The minimum absolute atomic E-state index is 0.788. The van der Waals surface area contributed by atoms with Gasteiger partial charge in [0.05, 0.1) is 17.6 Å². The average molecular weight is 299 g/mol. The van der Waals surface area contributed by atoms with Crippen LogP contribution in [0.15, 0.2) is 84.9 Å². The van der Waals surface area contributed by atoms with Crippen LogP contribution in [0.4, 0.5) is 11.6 Å². The fourth-order valence-electron chi connectivity index (χ4n) is 2.75. The topological polar surface area (TPSA) is 29.9 Å². The van der Waals surface area contributed by atoms with Gasteiger partial charge in [-0.2, -0.15) is 0 Å². The van der Waals surface area contributed by atoms with Crippen molar-refractivity contribution in [1.29, 1.82) is 0 Å². The monoisotopic (exact) mass is 299 g/mol. The highest BCUT2D eigenvalue weighted by Crippen LogP contribution is 2.23. The molecule has 1 N–H and O–H groups in total. The number of nitrogens with zero attached hydrogens (tertiary/aromatic N) is 2. The Balaban J connectivity index is 1.78. The Bertz CT molecular complexity index is 911. The molecule has 0 atom stereocenters. The molecule has 0 fully saturated rings. The summed E-state index contributed by atoms with van der Waals surface area (Å²) in [6.45, 7) is 0.788. The highest BCUT2D eigenvalue weighted by molar-refractivity contribution is 5.79. The molecule has 0 radical (unpaired) electrons. The Morgan fingerprint density at radius 1 is 0.739 bits per heavy atom. The van der Waals surface area contributed by atoms with E-state index < -0.39 is 0 Å². The first-order valence-corrected chi connectivity index (χ1v) is 7.71. The predicted octanol–water partition coefficient (Wildman–Crippen LogP) is 4.83. The van der Waals surface area contributed by atoms with Crippen LogP contribution in [0.2, 0.25) is 0 Å². The predicted molar refractivity (Wildman–Crippen MR) is 95.0 cm³/mol. The number of hydrogen-bond donors (Lipinski definition) is 1. The molecule has 112 valence electrons. The number of imidazole rings is 1. The maximum atomic E-state index is 4.76. The normalized spacial score (nSPS) is 10.8. The minimum Gasteiger partial charge on any atom is -0.326 e. The van der Waals surface area contributed by atoms with E-state index in [0.717, 1.165) is 29.2 Å². The minimum atomic E-state index is 0.788. The van der Waals surface area contributed by atoms with Gasteiger partial charge < -0.3 is 9.88 Å². The van der Waals surface area contributed by atoms with Gasteiger partial charge in [0, 0.05) is 5.69 Å². The van der Waals surface area contributed by atoms with Gasteiger partial charge in [0.25, 0.3) is 0 Å². The van der Waals surface area contributed by atoms with Gasteiger partial charge in [-0.3, -0.25) is 0 Å². The summed E-state index contributed by atoms with van der Waals surface area (Å²) in [6.07, 6.45) is 0. The summed E-state index contributed by atoms with van der Waals surface area (Å²) in [7, 11) is 0. The van der Waals surface area contributed by atoms with E-state index in [9.17, 15) is 0 Å². The quantitative estimate of drug-likeness (QED) is 0.585. The molecule has 23 heavy (non-hydrogen) atoms. The van der Waals surface area contributed by atoms with Crippen molar-refractivity contribution in [3.8, 4) is 0 Å². The van der Waals surface area contributed by atoms with Crippen LogP contribution in [0.25, 0.3) is 11.0 Å². The molecule has 0 spiro atoms. The molecule has 1 heterocycles. The fourth-order valence-corrected chi connectivity index (χ4v) is 2.75. The fraction of sp³-hybridized carbons (Fsp3) is 0.0500. The van der Waals surface area contributed by atoms with Crippen LogP contribution in [0.1, 0.15) is 5.56 Å². The molecule has 3 nitrogen and oxygen atoms in total. The van der Waals surface area contributed by atoms with Gasteiger partial charge in [0.1, 0.15) is 0 Å². The molecule has 3 aromatic carbocycles. The van der Waals surface area contributed by atoms with Crippen molar-refractivity contribution in [2.75, 3.05) is 5.32 Å². The first-order chi connectivity index (χ1) is 11.4. The van der Waals surface area contributed by atoms with E-state index in [4.69, 9.17) is 4.98 Å². The highest BCUT2D eigenvalue weighted by Gasteiger charge is 2.10. The van der Waals surface area contributed by atoms with Crippen LogP contribution in [0.5, 0.6) is 0 Å². The van der Waals surface area contributed by atoms with Gasteiger partial charge >= 0.3 is 0 Å². The summed E-state index contributed by atoms with van der Waals surface area (Å²) in [5.41, 5.74) is 4.43. The number of benzene rings is 3.